The fraction of sp³-hybridized carbons (Fsp3) is 0.263. The normalized spacial score (nSPS) is 10.2. The van der Waals surface area contributed by atoms with Crippen molar-refractivity contribution in [3.63, 3.8) is 0 Å². The number of carbonyl (C=O) groups is 2. The number of benzene rings is 2. The minimum absolute atomic E-state index is 0.275. The Balaban J connectivity index is 2.10. The first-order valence-corrected chi connectivity index (χ1v) is 8.21. The fourth-order valence-corrected chi connectivity index (χ4v) is 2.47. The van der Waals surface area contributed by atoms with Gasteiger partial charge in [0.1, 0.15) is 5.75 Å². The Bertz CT molecular complexity index is 725. The van der Waals surface area contributed by atoms with E-state index in [1.807, 2.05) is 24.3 Å². The molecule has 0 heterocycles. The van der Waals surface area contributed by atoms with E-state index in [0.29, 0.717) is 17.0 Å². The number of nitrogens with two attached hydrogens (primary N) is 1. The summed E-state index contributed by atoms with van der Waals surface area (Å²) in [6.45, 7) is 5.77. The summed E-state index contributed by atoms with van der Waals surface area (Å²) in [6.07, 6.45) is 0. The molecular weight excluding hydrogens is 318 g/mol. The zero-order chi connectivity index (χ0) is 18.2. The standard InChI is InChI=1S/C19H23N3O3/c1-3-22(4-2)15-11-9-14(10-12-15)21-19(24)16-7-5-6-8-17(16)25-13-18(20)23/h5-12H,3-4,13H2,1-2H3,(H2,20,23)(H,21,24). The zero-order valence-corrected chi connectivity index (χ0v) is 14.5. The first-order chi connectivity index (χ1) is 12.0. The fourth-order valence-electron chi connectivity index (χ4n) is 2.47. The van der Waals surface area contributed by atoms with Crippen LogP contribution in [0.3, 0.4) is 0 Å². The van der Waals surface area contributed by atoms with Crippen LogP contribution in [0.2, 0.25) is 0 Å². The van der Waals surface area contributed by atoms with Crippen molar-refractivity contribution in [1.82, 2.24) is 0 Å². The Hall–Kier alpha value is -3.02. The van der Waals surface area contributed by atoms with E-state index in [1.165, 1.54) is 0 Å². The molecule has 2 aromatic rings. The minimum Gasteiger partial charge on any atom is -0.483 e. The number of hydrogen-bond donors (Lipinski definition) is 2. The van der Waals surface area contributed by atoms with Crippen LogP contribution in [0.1, 0.15) is 24.2 Å². The molecule has 2 aromatic carbocycles. The third-order valence-electron chi connectivity index (χ3n) is 3.76. The molecule has 0 aliphatic rings. The number of amides is 2. The third kappa shape index (κ3) is 4.97. The van der Waals surface area contributed by atoms with E-state index >= 15 is 0 Å². The summed E-state index contributed by atoms with van der Waals surface area (Å²) in [6, 6.07) is 14.4. The SMILES string of the molecule is CCN(CC)c1ccc(NC(=O)c2ccccc2OCC(N)=O)cc1. The molecule has 0 saturated carbocycles. The molecular formula is C19H23N3O3. The molecule has 25 heavy (non-hydrogen) atoms. The number of primary amides is 1. The van der Waals surface area contributed by atoms with Crippen molar-refractivity contribution in [3.05, 3.63) is 54.1 Å². The highest BCUT2D eigenvalue weighted by Gasteiger charge is 2.13. The first-order valence-electron chi connectivity index (χ1n) is 8.21. The quantitative estimate of drug-likeness (QED) is 0.773. The number of nitrogens with zero attached hydrogens (tertiary/aromatic N) is 1. The molecule has 0 fully saturated rings. The van der Waals surface area contributed by atoms with Gasteiger partial charge in [0.2, 0.25) is 0 Å². The van der Waals surface area contributed by atoms with Gasteiger partial charge < -0.3 is 20.7 Å². The van der Waals surface area contributed by atoms with Crippen LogP contribution >= 0.6 is 0 Å². The Morgan fingerprint density at radius 2 is 1.68 bits per heavy atom. The van der Waals surface area contributed by atoms with Gasteiger partial charge >= 0.3 is 0 Å². The third-order valence-corrected chi connectivity index (χ3v) is 3.76. The predicted octanol–water partition coefficient (Wildman–Crippen LogP) is 2.65. The van der Waals surface area contributed by atoms with Gasteiger partial charge in [-0.05, 0) is 50.2 Å². The van der Waals surface area contributed by atoms with Gasteiger partial charge in [0.15, 0.2) is 6.61 Å². The summed E-state index contributed by atoms with van der Waals surface area (Å²) < 4.78 is 5.30. The average molecular weight is 341 g/mol. The molecule has 0 aliphatic heterocycles. The Kier molecular flexibility index (Phi) is 6.39. The maximum Gasteiger partial charge on any atom is 0.259 e. The van der Waals surface area contributed by atoms with Crippen molar-refractivity contribution in [2.24, 2.45) is 5.73 Å². The van der Waals surface area contributed by atoms with E-state index in [9.17, 15) is 9.59 Å². The highest BCUT2D eigenvalue weighted by molar-refractivity contribution is 6.06. The average Bonchev–Trinajstić information content (AvgIpc) is 2.62. The number of hydrogen-bond acceptors (Lipinski definition) is 4. The lowest BCUT2D eigenvalue weighted by Crippen LogP contribution is -2.22. The van der Waals surface area contributed by atoms with Gasteiger partial charge in [-0.15, -0.1) is 0 Å². The molecule has 6 heteroatoms. The van der Waals surface area contributed by atoms with Crippen molar-refractivity contribution in [2.75, 3.05) is 29.9 Å². The summed E-state index contributed by atoms with van der Waals surface area (Å²) in [7, 11) is 0. The summed E-state index contributed by atoms with van der Waals surface area (Å²) in [5.41, 5.74) is 7.22. The van der Waals surface area contributed by atoms with Crippen molar-refractivity contribution in [1.29, 1.82) is 0 Å². The zero-order valence-electron chi connectivity index (χ0n) is 14.5. The number of ether oxygens (including phenoxy) is 1. The highest BCUT2D eigenvalue weighted by Crippen LogP contribution is 2.21. The van der Waals surface area contributed by atoms with Crippen molar-refractivity contribution in [2.45, 2.75) is 13.8 Å². The van der Waals surface area contributed by atoms with Crippen LogP contribution in [0.5, 0.6) is 5.75 Å². The van der Waals surface area contributed by atoms with Crippen LogP contribution in [0.4, 0.5) is 11.4 Å². The van der Waals surface area contributed by atoms with Crippen molar-refractivity contribution in [3.8, 4) is 5.75 Å². The van der Waals surface area contributed by atoms with Crippen LogP contribution in [0.25, 0.3) is 0 Å². The lowest BCUT2D eigenvalue weighted by atomic mass is 10.1. The number of rotatable bonds is 8. The smallest absolute Gasteiger partial charge is 0.259 e. The van der Waals surface area contributed by atoms with Crippen LogP contribution in [-0.2, 0) is 4.79 Å². The molecule has 0 aliphatic carbocycles. The summed E-state index contributed by atoms with van der Waals surface area (Å²) in [5.74, 6) is -0.587. The first kappa shape index (κ1) is 18.3. The predicted molar refractivity (Wildman–Crippen MR) is 99.1 cm³/mol. The summed E-state index contributed by atoms with van der Waals surface area (Å²) >= 11 is 0. The van der Waals surface area contributed by atoms with Gasteiger partial charge in [-0.1, -0.05) is 12.1 Å². The molecule has 0 unspecified atom stereocenters. The van der Waals surface area contributed by atoms with E-state index in [4.69, 9.17) is 10.5 Å². The number of anilines is 2. The van der Waals surface area contributed by atoms with Gasteiger partial charge in [0.25, 0.3) is 11.8 Å². The van der Waals surface area contributed by atoms with E-state index in [2.05, 4.69) is 24.1 Å². The molecule has 0 saturated heterocycles. The number of nitrogens with one attached hydrogen (secondary N) is 1. The van der Waals surface area contributed by atoms with E-state index in [0.717, 1.165) is 18.8 Å². The van der Waals surface area contributed by atoms with Crippen LogP contribution in [0, 0.1) is 0 Å². The van der Waals surface area contributed by atoms with Gasteiger partial charge in [-0.3, -0.25) is 9.59 Å². The lowest BCUT2D eigenvalue weighted by molar-refractivity contribution is -0.119. The molecule has 0 spiro atoms. The van der Waals surface area contributed by atoms with Crippen LogP contribution < -0.4 is 20.7 Å². The molecule has 2 amide bonds. The molecule has 3 N–H and O–H groups in total. The van der Waals surface area contributed by atoms with Crippen molar-refractivity contribution < 1.29 is 14.3 Å². The van der Waals surface area contributed by atoms with Crippen LogP contribution in [0.15, 0.2) is 48.5 Å². The second-order valence-electron chi connectivity index (χ2n) is 5.42. The Labute approximate surface area is 147 Å². The number of para-hydroxylation sites is 1. The molecule has 6 nitrogen and oxygen atoms in total. The minimum atomic E-state index is -0.595. The van der Waals surface area contributed by atoms with E-state index in [1.54, 1.807) is 24.3 Å². The summed E-state index contributed by atoms with van der Waals surface area (Å²) in [4.78, 5) is 25.6. The molecule has 0 atom stereocenters. The second-order valence-corrected chi connectivity index (χ2v) is 5.42. The van der Waals surface area contributed by atoms with Crippen LogP contribution in [-0.4, -0.2) is 31.5 Å². The Morgan fingerprint density at radius 1 is 1.04 bits per heavy atom. The maximum atomic E-state index is 12.5. The van der Waals surface area contributed by atoms with Crippen molar-refractivity contribution >= 4 is 23.2 Å². The molecule has 0 radical (unpaired) electrons. The highest BCUT2D eigenvalue weighted by atomic mass is 16.5. The van der Waals surface area contributed by atoms with Gasteiger partial charge in [0, 0.05) is 24.5 Å². The van der Waals surface area contributed by atoms with E-state index in [-0.39, 0.29) is 12.5 Å². The lowest BCUT2D eigenvalue weighted by Gasteiger charge is -2.21. The van der Waals surface area contributed by atoms with E-state index < -0.39 is 5.91 Å². The molecule has 2 rings (SSSR count). The second kappa shape index (κ2) is 8.73. The molecule has 132 valence electrons. The largest absolute Gasteiger partial charge is 0.483 e. The monoisotopic (exact) mass is 341 g/mol. The molecule has 0 bridgehead atoms. The van der Waals surface area contributed by atoms with Gasteiger partial charge in [0.05, 0.1) is 5.56 Å². The number of carbonyl (C=O) groups excluding carboxylic acids is 2. The Morgan fingerprint density at radius 3 is 2.28 bits per heavy atom. The molecule has 0 aromatic heterocycles. The maximum absolute atomic E-state index is 12.5. The van der Waals surface area contributed by atoms with Gasteiger partial charge in [-0.25, -0.2) is 0 Å². The van der Waals surface area contributed by atoms with Gasteiger partial charge in [-0.2, -0.15) is 0 Å². The topological polar surface area (TPSA) is 84.7 Å². The summed E-state index contributed by atoms with van der Waals surface area (Å²) in [5, 5.41) is 2.83.